The normalized spacial score (nSPS) is 13.6. The molecule has 22 heavy (non-hydrogen) atoms. The van der Waals surface area contributed by atoms with E-state index in [1.54, 1.807) is 12.1 Å². The quantitative estimate of drug-likeness (QED) is 0.723. The van der Waals surface area contributed by atoms with Crippen LogP contribution in [0.2, 0.25) is 0 Å². The first-order valence-electron chi connectivity index (χ1n) is 6.43. The summed E-state index contributed by atoms with van der Waals surface area (Å²) in [5, 5.41) is 28.1. The molecule has 2 aromatic rings. The lowest BCUT2D eigenvalue weighted by atomic mass is 10.1. The topological polar surface area (TPSA) is 102 Å². The van der Waals surface area contributed by atoms with Crippen LogP contribution in [0.1, 0.15) is 21.5 Å². The second kappa shape index (κ2) is 6.80. The van der Waals surface area contributed by atoms with E-state index in [-0.39, 0.29) is 17.0 Å². The molecule has 0 aliphatic rings. The summed E-state index contributed by atoms with van der Waals surface area (Å²) in [4.78, 5) is 11.5. The van der Waals surface area contributed by atoms with Crippen LogP contribution in [0.3, 0.4) is 0 Å². The van der Waals surface area contributed by atoms with Crippen LogP contribution < -0.4 is 5.23 Å². The van der Waals surface area contributed by atoms with E-state index >= 15 is 0 Å². The highest BCUT2D eigenvalue weighted by Gasteiger charge is 2.16. The number of aryl methyl sites for hydroxylation is 1. The van der Waals surface area contributed by atoms with Crippen molar-refractivity contribution in [3.05, 3.63) is 64.4 Å². The van der Waals surface area contributed by atoms with Crippen molar-refractivity contribution >= 4 is 22.5 Å². The molecule has 2 rings (SSSR count). The van der Waals surface area contributed by atoms with Crippen LogP contribution in [0.5, 0.6) is 0 Å². The molecule has 0 heterocycles. The summed E-state index contributed by atoms with van der Waals surface area (Å²) >= 11 is 0. The molecule has 7 heteroatoms. The summed E-state index contributed by atoms with van der Waals surface area (Å²) in [6.45, 7) is 1.92. The molecule has 0 spiro atoms. The molecule has 6 nitrogen and oxygen atoms in total. The van der Waals surface area contributed by atoms with Crippen LogP contribution in [-0.4, -0.2) is 20.5 Å². The Labute approximate surface area is 129 Å². The molecular weight excluding hydrogens is 306 g/mol. The summed E-state index contributed by atoms with van der Waals surface area (Å²) in [5.41, 5.74) is 1.14. The molecule has 2 aromatic carbocycles. The minimum atomic E-state index is -1.40. The molecule has 0 saturated heterocycles. The molecule has 3 N–H and O–H groups in total. The molecule has 0 radical (unpaired) electrons. The Morgan fingerprint density at radius 1 is 1.23 bits per heavy atom. The van der Waals surface area contributed by atoms with Crippen molar-refractivity contribution in [2.45, 2.75) is 17.6 Å². The summed E-state index contributed by atoms with van der Waals surface area (Å²) in [7, 11) is -1.40. The number of quaternary nitrogens is 1. The molecule has 0 amide bonds. The molecule has 0 aliphatic carbocycles. The molecule has 0 bridgehead atoms. The van der Waals surface area contributed by atoms with Crippen molar-refractivity contribution in [2.24, 2.45) is 0 Å². The highest BCUT2D eigenvalue weighted by Crippen LogP contribution is 2.19. The lowest BCUT2D eigenvalue weighted by Gasteiger charge is -2.16. The van der Waals surface area contributed by atoms with Crippen molar-refractivity contribution in [3.63, 3.8) is 0 Å². The third kappa shape index (κ3) is 3.77. The van der Waals surface area contributed by atoms with E-state index in [2.05, 4.69) is 0 Å². The number of carboxylic acids is 1. The third-order valence-electron chi connectivity index (χ3n) is 3.16. The van der Waals surface area contributed by atoms with Gasteiger partial charge in [0.15, 0.2) is 5.69 Å². The van der Waals surface area contributed by atoms with Gasteiger partial charge in [0.2, 0.25) is 0 Å². The number of hydrogen-bond donors (Lipinski definition) is 3. The number of hydrogen-bond acceptors (Lipinski definition) is 4. The van der Waals surface area contributed by atoms with E-state index in [4.69, 9.17) is 5.11 Å². The zero-order valence-electron chi connectivity index (χ0n) is 11.8. The van der Waals surface area contributed by atoms with E-state index in [1.807, 2.05) is 19.1 Å². The number of benzene rings is 2. The smallest absolute Gasteiger partial charge is 0.335 e. The minimum absolute atomic E-state index is 0.0184. The monoisotopic (exact) mass is 321 g/mol. The third-order valence-corrected chi connectivity index (χ3v) is 4.53. The van der Waals surface area contributed by atoms with Gasteiger partial charge in [0.05, 0.1) is 22.1 Å². The first-order valence-corrected chi connectivity index (χ1v) is 7.75. The Morgan fingerprint density at radius 2 is 1.86 bits per heavy atom. The lowest BCUT2D eigenvalue weighted by Crippen LogP contribution is -2.99. The highest BCUT2D eigenvalue weighted by atomic mass is 32.2. The van der Waals surface area contributed by atoms with E-state index in [0.717, 1.165) is 11.6 Å². The van der Waals surface area contributed by atoms with Crippen molar-refractivity contribution in [1.29, 1.82) is 0 Å². The van der Waals surface area contributed by atoms with E-state index in [1.165, 1.54) is 12.1 Å². The standard InChI is InChI=1S/C15H15NO5S/c1-10-2-6-13(7-3-10)22(21)9-12-5-4-11(15(17)18)8-14(12)16(19)20/h2-8,16,19H,9H2,1H3,(H,17,18). The fourth-order valence-electron chi connectivity index (χ4n) is 1.95. The first kappa shape index (κ1) is 16.3. The average molecular weight is 321 g/mol. The Kier molecular flexibility index (Phi) is 5.04. The van der Waals surface area contributed by atoms with Gasteiger partial charge in [-0.15, -0.1) is 0 Å². The van der Waals surface area contributed by atoms with Gasteiger partial charge in [-0.1, -0.05) is 23.8 Å². The van der Waals surface area contributed by atoms with Gasteiger partial charge >= 0.3 is 5.97 Å². The number of nitrogens with one attached hydrogen (secondary N) is 1. The maximum Gasteiger partial charge on any atom is 0.335 e. The fourth-order valence-corrected chi connectivity index (χ4v) is 3.09. The lowest BCUT2D eigenvalue weighted by molar-refractivity contribution is -0.991. The van der Waals surface area contributed by atoms with Crippen molar-refractivity contribution in [2.75, 3.05) is 0 Å². The van der Waals surface area contributed by atoms with Gasteiger partial charge < -0.3 is 10.3 Å². The van der Waals surface area contributed by atoms with E-state index in [0.29, 0.717) is 10.5 Å². The molecule has 0 aromatic heterocycles. The fraction of sp³-hybridized carbons (Fsp3) is 0.133. The van der Waals surface area contributed by atoms with Crippen LogP contribution in [0.4, 0.5) is 5.69 Å². The van der Waals surface area contributed by atoms with E-state index < -0.39 is 22.0 Å². The van der Waals surface area contributed by atoms with Gasteiger partial charge in [0.1, 0.15) is 0 Å². The number of carboxylic acid groups (broad SMARTS) is 1. The summed E-state index contributed by atoms with van der Waals surface area (Å²) in [6.07, 6.45) is 0. The van der Waals surface area contributed by atoms with Crippen molar-refractivity contribution < 1.29 is 24.5 Å². The maximum atomic E-state index is 12.3. The Bertz CT molecular complexity index is 712. The van der Waals surface area contributed by atoms with Gasteiger partial charge in [-0.2, -0.15) is 5.23 Å². The van der Waals surface area contributed by atoms with Crippen LogP contribution in [0.15, 0.2) is 47.4 Å². The summed E-state index contributed by atoms with van der Waals surface area (Å²) in [6, 6.07) is 10.9. The van der Waals surface area contributed by atoms with Crippen LogP contribution in [0.25, 0.3) is 0 Å². The van der Waals surface area contributed by atoms with Crippen LogP contribution >= 0.6 is 0 Å². The maximum absolute atomic E-state index is 12.3. The summed E-state index contributed by atoms with van der Waals surface area (Å²) in [5.74, 6) is -1.18. The molecule has 0 aliphatic heterocycles. The number of aromatic carboxylic acids is 1. The SMILES string of the molecule is Cc1ccc(S(=O)Cc2ccc(C(=O)O)cc2[NH+]([O-])O)cc1. The number of carbonyl (C=O) groups is 1. The molecule has 0 saturated carbocycles. The molecule has 2 unspecified atom stereocenters. The van der Waals surface area contributed by atoms with Gasteiger partial charge in [-0.3, -0.25) is 4.21 Å². The molecule has 2 atom stereocenters. The second-order valence-electron chi connectivity index (χ2n) is 4.79. The molecule has 116 valence electrons. The van der Waals surface area contributed by atoms with Gasteiger partial charge in [0.25, 0.3) is 0 Å². The van der Waals surface area contributed by atoms with Gasteiger partial charge in [-0.05, 0) is 25.1 Å². The highest BCUT2D eigenvalue weighted by molar-refractivity contribution is 7.84. The minimum Gasteiger partial charge on any atom is -0.595 e. The Morgan fingerprint density at radius 3 is 2.41 bits per heavy atom. The van der Waals surface area contributed by atoms with Crippen LogP contribution in [0, 0.1) is 12.1 Å². The van der Waals surface area contributed by atoms with Gasteiger partial charge in [0, 0.05) is 16.5 Å². The summed E-state index contributed by atoms with van der Waals surface area (Å²) < 4.78 is 12.3. The number of rotatable bonds is 5. The largest absolute Gasteiger partial charge is 0.595 e. The van der Waals surface area contributed by atoms with Crippen molar-refractivity contribution in [1.82, 2.24) is 0 Å². The molecular formula is C15H15NO5S. The zero-order chi connectivity index (χ0) is 16.3. The van der Waals surface area contributed by atoms with E-state index in [9.17, 15) is 19.4 Å². The van der Waals surface area contributed by atoms with Crippen LogP contribution in [-0.2, 0) is 16.6 Å². The zero-order valence-corrected chi connectivity index (χ0v) is 12.6. The Hall–Kier alpha value is -2.06. The van der Waals surface area contributed by atoms with Crippen molar-refractivity contribution in [3.8, 4) is 0 Å². The Balaban J connectivity index is 2.30. The van der Waals surface area contributed by atoms with Gasteiger partial charge in [-0.25, -0.2) is 10.0 Å². The molecule has 0 fully saturated rings. The average Bonchev–Trinajstić information content (AvgIpc) is 2.47. The first-order chi connectivity index (χ1) is 10.4. The predicted octanol–water partition coefficient (Wildman–Crippen LogP) is 1.40. The second-order valence-corrected chi connectivity index (χ2v) is 6.24. The predicted molar refractivity (Wildman–Crippen MR) is 80.5 cm³/mol.